The van der Waals surface area contributed by atoms with Crippen molar-refractivity contribution in [3.63, 3.8) is 0 Å². The minimum Gasteiger partial charge on any atom is -0.497 e. The average Bonchev–Trinajstić information content (AvgIpc) is 2.77. The lowest BCUT2D eigenvalue weighted by Gasteiger charge is -2.36. The third kappa shape index (κ3) is 4.34. The fourth-order valence-electron chi connectivity index (χ4n) is 3.90. The number of ether oxygens (including phenoxy) is 1. The largest absolute Gasteiger partial charge is 0.497 e. The first-order chi connectivity index (χ1) is 14.1. The summed E-state index contributed by atoms with van der Waals surface area (Å²) in [5.74, 6) is 2.10. The number of anilines is 1. The minimum absolute atomic E-state index is 0.226. The first-order valence-corrected chi connectivity index (χ1v) is 10.2. The van der Waals surface area contributed by atoms with Crippen LogP contribution in [-0.4, -0.2) is 49.1 Å². The van der Waals surface area contributed by atoms with Crippen LogP contribution in [0, 0.1) is 6.92 Å². The number of carbonyl (C=O) groups is 1. The SMILES string of the molecule is COc1ccc(CCC(=O)N2CCN(c3nc4ccccc4cc3C)CC2)cc1. The lowest BCUT2D eigenvalue weighted by molar-refractivity contribution is -0.131. The van der Waals surface area contributed by atoms with Gasteiger partial charge in [-0.3, -0.25) is 4.79 Å². The van der Waals surface area contributed by atoms with Crippen LogP contribution < -0.4 is 9.64 Å². The predicted molar refractivity (Wildman–Crippen MR) is 117 cm³/mol. The fourth-order valence-corrected chi connectivity index (χ4v) is 3.90. The first-order valence-electron chi connectivity index (χ1n) is 10.2. The molecule has 4 rings (SSSR count). The molecule has 0 spiro atoms. The maximum absolute atomic E-state index is 12.6. The highest BCUT2D eigenvalue weighted by Gasteiger charge is 2.22. The van der Waals surface area contributed by atoms with Crippen molar-refractivity contribution in [3.05, 3.63) is 65.7 Å². The van der Waals surface area contributed by atoms with Crippen LogP contribution >= 0.6 is 0 Å². The van der Waals surface area contributed by atoms with Crippen molar-refractivity contribution < 1.29 is 9.53 Å². The fraction of sp³-hybridized carbons (Fsp3) is 0.333. The number of aryl methyl sites for hydroxylation is 2. The van der Waals surface area contributed by atoms with Crippen LogP contribution in [0.1, 0.15) is 17.5 Å². The number of hydrogen-bond donors (Lipinski definition) is 0. The number of methoxy groups -OCH3 is 1. The molecule has 0 saturated carbocycles. The van der Waals surface area contributed by atoms with Crippen LogP contribution in [0.3, 0.4) is 0 Å². The average molecular weight is 389 g/mol. The second-order valence-electron chi connectivity index (χ2n) is 7.54. The zero-order chi connectivity index (χ0) is 20.2. The molecule has 0 N–H and O–H groups in total. The molecule has 1 aromatic heterocycles. The molecule has 150 valence electrons. The van der Waals surface area contributed by atoms with E-state index in [0.29, 0.717) is 6.42 Å². The van der Waals surface area contributed by atoms with Crippen LogP contribution in [-0.2, 0) is 11.2 Å². The van der Waals surface area contributed by atoms with Crippen LogP contribution in [0.2, 0.25) is 0 Å². The van der Waals surface area contributed by atoms with Gasteiger partial charge in [-0.05, 0) is 48.7 Å². The number of nitrogens with zero attached hydrogens (tertiary/aromatic N) is 3. The van der Waals surface area contributed by atoms with Gasteiger partial charge in [0.1, 0.15) is 11.6 Å². The van der Waals surface area contributed by atoms with Gasteiger partial charge in [0.2, 0.25) is 5.91 Å². The van der Waals surface area contributed by atoms with Gasteiger partial charge in [0.15, 0.2) is 0 Å². The zero-order valence-electron chi connectivity index (χ0n) is 17.1. The number of hydrogen-bond acceptors (Lipinski definition) is 4. The van der Waals surface area contributed by atoms with Crippen molar-refractivity contribution >= 4 is 22.6 Å². The Balaban J connectivity index is 1.34. The van der Waals surface area contributed by atoms with Crippen LogP contribution in [0.4, 0.5) is 5.82 Å². The third-order valence-electron chi connectivity index (χ3n) is 5.61. The van der Waals surface area contributed by atoms with Crippen molar-refractivity contribution in [2.24, 2.45) is 0 Å². The number of para-hydroxylation sites is 1. The lowest BCUT2D eigenvalue weighted by atomic mass is 10.1. The van der Waals surface area contributed by atoms with E-state index in [9.17, 15) is 4.79 Å². The van der Waals surface area contributed by atoms with Gasteiger partial charge >= 0.3 is 0 Å². The van der Waals surface area contributed by atoms with E-state index in [4.69, 9.17) is 9.72 Å². The smallest absolute Gasteiger partial charge is 0.223 e. The van der Waals surface area contributed by atoms with E-state index >= 15 is 0 Å². The summed E-state index contributed by atoms with van der Waals surface area (Å²) in [6.45, 7) is 5.24. The highest BCUT2D eigenvalue weighted by atomic mass is 16.5. The zero-order valence-corrected chi connectivity index (χ0v) is 17.1. The van der Waals surface area contributed by atoms with Gasteiger partial charge < -0.3 is 14.5 Å². The Morgan fingerprint density at radius 1 is 1.03 bits per heavy atom. The second kappa shape index (κ2) is 8.52. The van der Waals surface area contributed by atoms with Gasteiger partial charge in [-0.2, -0.15) is 0 Å². The minimum atomic E-state index is 0.226. The molecule has 5 nitrogen and oxygen atoms in total. The second-order valence-corrected chi connectivity index (χ2v) is 7.54. The van der Waals surface area contributed by atoms with E-state index in [1.165, 1.54) is 10.9 Å². The van der Waals surface area contributed by atoms with E-state index in [0.717, 1.165) is 55.2 Å². The van der Waals surface area contributed by atoms with Crippen LogP contribution in [0.5, 0.6) is 5.75 Å². The Morgan fingerprint density at radius 3 is 2.48 bits per heavy atom. The monoisotopic (exact) mass is 389 g/mol. The first kappa shape index (κ1) is 19.2. The van der Waals surface area contributed by atoms with Crippen molar-refractivity contribution in [3.8, 4) is 5.75 Å². The Kier molecular flexibility index (Phi) is 5.65. The summed E-state index contributed by atoms with van der Waals surface area (Å²) in [7, 11) is 1.66. The quantitative estimate of drug-likeness (QED) is 0.665. The summed E-state index contributed by atoms with van der Waals surface area (Å²) < 4.78 is 5.18. The summed E-state index contributed by atoms with van der Waals surface area (Å²) in [5.41, 5.74) is 3.36. The maximum Gasteiger partial charge on any atom is 0.223 e. The summed E-state index contributed by atoms with van der Waals surface area (Å²) >= 11 is 0. The highest BCUT2D eigenvalue weighted by Crippen LogP contribution is 2.24. The number of pyridine rings is 1. The molecule has 1 saturated heterocycles. The van der Waals surface area contributed by atoms with E-state index in [1.54, 1.807) is 7.11 Å². The normalized spacial score (nSPS) is 14.3. The molecule has 1 aliphatic heterocycles. The number of benzene rings is 2. The molecule has 29 heavy (non-hydrogen) atoms. The summed E-state index contributed by atoms with van der Waals surface area (Å²) in [5, 5.41) is 1.17. The molecule has 2 aromatic carbocycles. The Morgan fingerprint density at radius 2 is 1.76 bits per heavy atom. The van der Waals surface area contributed by atoms with Crippen molar-refractivity contribution in [1.29, 1.82) is 0 Å². The van der Waals surface area contributed by atoms with Crippen LogP contribution in [0.25, 0.3) is 10.9 Å². The van der Waals surface area contributed by atoms with Gasteiger partial charge in [-0.1, -0.05) is 30.3 Å². The molecule has 1 fully saturated rings. The molecule has 5 heteroatoms. The topological polar surface area (TPSA) is 45.7 Å². The third-order valence-corrected chi connectivity index (χ3v) is 5.61. The Labute approximate surface area is 171 Å². The van der Waals surface area contributed by atoms with Crippen molar-refractivity contribution in [1.82, 2.24) is 9.88 Å². The summed E-state index contributed by atoms with van der Waals surface area (Å²) in [6, 6.07) is 18.3. The van der Waals surface area contributed by atoms with E-state index in [-0.39, 0.29) is 5.91 Å². The molecule has 1 aliphatic rings. The standard InChI is InChI=1S/C24H27N3O2/c1-18-17-20-5-3-4-6-22(20)25-24(18)27-15-13-26(14-16-27)23(28)12-9-19-7-10-21(29-2)11-8-19/h3-8,10-11,17H,9,12-16H2,1-2H3. The predicted octanol–water partition coefficient (Wildman–Crippen LogP) is 3.83. The van der Waals surface area contributed by atoms with E-state index < -0.39 is 0 Å². The summed E-state index contributed by atoms with van der Waals surface area (Å²) in [6.07, 6.45) is 1.30. The Bertz CT molecular complexity index is 993. The molecular formula is C24H27N3O2. The maximum atomic E-state index is 12.6. The van der Waals surface area contributed by atoms with Gasteiger partial charge in [0.25, 0.3) is 0 Å². The molecule has 0 aliphatic carbocycles. The van der Waals surface area contributed by atoms with Crippen LogP contribution in [0.15, 0.2) is 54.6 Å². The molecule has 0 radical (unpaired) electrons. The van der Waals surface area contributed by atoms with Gasteiger partial charge in [-0.15, -0.1) is 0 Å². The van der Waals surface area contributed by atoms with E-state index in [2.05, 4.69) is 30.0 Å². The number of rotatable bonds is 5. The molecule has 1 amide bonds. The van der Waals surface area contributed by atoms with Crippen molar-refractivity contribution in [2.75, 3.05) is 38.2 Å². The van der Waals surface area contributed by atoms with E-state index in [1.807, 2.05) is 41.3 Å². The number of fused-ring (bicyclic) bond motifs is 1. The lowest BCUT2D eigenvalue weighted by Crippen LogP contribution is -2.49. The highest BCUT2D eigenvalue weighted by molar-refractivity contribution is 5.82. The molecule has 0 atom stereocenters. The molecule has 0 bridgehead atoms. The van der Waals surface area contributed by atoms with Gasteiger partial charge in [0, 0.05) is 38.0 Å². The van der Waals surface area contributed by atoms with Crippen molar-refractivity contribution in [2.45, 2.75) is 19.8 Å². The molecule has 0 unspecified atom stereocenters. The number of piperazine rings is 1. The number of aromatic nitrogens is 1. The number of carbonyl (C=O) groups excluding carboxylic acids is 1. The van der Waals surface area contributed by atoms with Gasteiger partial charge in [0.05, 0.1) is 12.6 Å². The van der Waals surface area contributed by atoms with Gasteiger partial charge in [-0.25, -0.2) is 4.98 Å². The molecule has 2 heterocycles. The number of amides is 1. The molecular weight excluding hydrogens is 362 g/mol. The Hall–Kier alpha value is -3.08. The molecule has 3 aromatic rings. The summed E-state index contributed by atoms with van der Waals surface area (Å²) in [4.78, 5) is 21.8.